The third-order valence-electron chi connectivity index (χ3n) is 3.90. The fraction of sp³-hybridized carbons (Fsp3) is 0.150. The third-order valence-corrected chi connectivity index (χ3v) is 4.20. The van der Waals surface area contributed by atoms with Crippen molar-refractivity contribution in [3.63, 3.8) is 0 Å². The van der Waals surface area contributed by atoms with Crippen molar-refractivity contribution >= 4 is 28.4 Å². The highest BCUT2D eigenvalue weighted by molar-refractivity contribution is 6.33. The van der Waals surface area contributed by atoms with Crippen molar-refractivity contribution in [2.75, 3.05) is 13.7 Å². The number of para-hydroxylation sites is 1. The van der Waals surface area contributed by atoms with Crippen LogP contribution in [0.4, 0.5) is 0 Å². The Balaban J connectivity index is 2.16. The minimum Gasteiger partial charge on any atom is -0.496 e. The third kappa shape index (κ3) is 3.01. The van der Waals surface area contributed by atoms with Crippen LogP contribution in [-0.4, -0.2) is 19.5 Å². The Hall–Kier alpha value is -2.72. The zero-order chi connectivity index (χ0) is 18.0. The molecule has 5 heteroatoms. The lowest BCUT2D eigenvalue weighted by Gasteiger charge is -2.07. The predicted molar refractivity (Wildman–Crippen MR) is 98.1 cm³/mol. The maximum Gasteiger partial charge on any atom is 0.232 e. The summed E-state index contributed by atoms with van der Waals surface area (Å²) in [5.74, 6) is 0.968. The van der Waals surface area contributed by atoms with Gasteiger partial charge in [-0.05, 0) is 31.2 Å². The van der Waals surface area contributed by atoms with E-state index in [2.05, 4.69) is 6.58 Å². The van der Waals surface area contributed by atoms with Gasteiger partial charge in [-0.15, -0.1) is 0 Å². The Labute approximate surface area is 150 Å². The number of halogens is 1. The van der Waals surface area contributed by atoms with E-state index in [4.69, 9.17) is 25.5 Å². The molecule has 0 radical (unpaired) electrons. The number of hydrogen-bond donors (Lipinski definition) is 0. The number of fused-ring (bicyclic) bond motifs is 1. The second kappa shape index (κ2) is 7.03. The van der Waals surface area contributed by atoms with E-state index >= 15 is 0 Å². The minimum atomic E-state index is -0.253. The summed E-state index contributed by atoms with van der Waals surface area (Å²) in [6.45, 7) is 5.76. The second-order valence-electron chi connectivity index (χ2n) is 5.43. The molecule has 2 aromatic carbocycles. The van der Waals surface area contributed by atoms with Crippen LogP contribution in [0, 0.1) is 6.92 Å². The van der Waals surface area contributed by atoms with Crippen LogP contribution in [0.1, 0.15) is 21.7 Å². The van der Waals surface area contributed by atoms with E-state index in [9.17, 15) is 4.79 Å². The van der Waals surface area contributed by atoms with Gasteiger partial charge < -0.3 is 13.9 Å². The van der Waals surface area contributed by atoms with E-state index in [-0.39, 0.29) is 11.5 Å². The Morgan fingerprint density at radius 3 is 2.76 bits per heavy atom. The van der Waals surface area contributed by atoms with Crippen molar-refractivity contribution in [1.82, 2.24) is 0 Å². The van der Waals surface area contributed by atoms with Gasteiger partial charge in [-0.1, -0.05) is 36.4 Å². The first kappa shape index (κ1) is 17.1. The average Bonchev–Trinajstić information content (AvgIpc) is 2.97. The molecule has 0 fully saturated rings. The molecule has 0 spiro atoms. The maximum absolute atomic E-state index is 13.0. The highest BCUT2D eigenvalue weighted by Gasteiger charge is 2.24. The zero-order valence-corrected chi connectivity index (χ0v) is 14.7. The normalized spacial score (nSPS) is 10.7. The summed E-state index contributed by atoms with van der Waals surface area (Å²) >= 11 is 6.26. The first-order valence-corrected chi connectivity index (χ1v) is 8.09. The van der Waals surface area contributed by atoms with Gasteiger partial charge in [0, 0.05) is 5.56 Å². The summed E-state index contributed by atoms with van der Waals surface area (Å²) in [6, 6.07) is 10.4. The molecule has 1 heterocycles. The molecule has 4 nitrogen and oxygen atoms in total. The highest BCUT2D eigenvalue weighted by Crippen LogP contribution is 2.39. The van der Waals surface area contributed by atoms with Gasteiger partial charge in [-0.25, -0.2) is 0 Å². The smallest absolute Gasteiger partial charge is 0.232 e. The van der Waals surface area contributed by atoms with Crippen LogP contribution in [-0.2, 0) is 0 Å². The summed E-state index contributed by atoms with van der Waals surface area (Å²) in [6.07, 6.45) is 1.63. The monoisotopic (exact) mass is 356 g/mol. The molecule has 0 saturated carbocycles. The molecule has 3 aromatic rings. The van der Waals surface area contributed by atoms with Gasteiger partial charge in [0.05, 0.1) is 23.1 Å². The van der Waals surface area contributed by atoms with Crippen LogP contribution in [0.2, 0.25) is 5.02 Å². The van der Waals surface area contributed by atoms with Gasteiger partial charge >= 0.3 is 0 Å². The van der Waals surface area contributed by atoms with Gasteiger partial charge in [-0.2, -0.15) is 0 Å². The van der Waals surface area contributed by atoms with Crippen molar-refractivity contribution in [3.05, 3.63) is 71.0 Å². The van der Waals surface area contributed by atoms with Crippen LogP contribution < -0.4 is 9.47 Å². The molecule has 0 aliphatic rings. The molecule has 0 amide bonds. The minimum absolute atomic E-state index is 0.241. The van der Waals surface area contributed by atoms with Crippen LogP contribution in [0.15, 0.2) is 53.5 Å². The number of carbonyl (C=O) groups is 1. The second-order valence-corrected chi connectivity index (χ2v) is 5.84. The van der Waals surface area contributed by atoms with Crippen LogP contribution in [0.3, 0.4) is 0 Å². The molecule has 1 aromatic heterocycles. The first-order valence-electron chi connectivity index (χ1n) is 7.71. The van der Waals surface area contributed by atoms with Gasteiger partial charge in [0.25, 0.3) is 0 Å². The maximum atomic E-state index is 13.0. The largest absolute Gasteiger partial charge is 0.496 e. The Morgan fingerprint density at radius 2 is 2.04 bits per heavy atom. The first-order chi connectivity index (χ1) is 12.1. The van der Waals surface area contributed by atoms with Crippen molar-refractivity contribution in [2.24, 2.45) is 0 Å². The molecule has 128 valence electrons. The summed E-state index contributed by atoms with van der Waals surface area (Å²) in [5, 5.41) is 1.14. The fourth-order valence-electron chi connectivity index (χ4n) is 2.73. The average molecular weight is 357 g/mol. The summed E-state index contributed by atoms with van der Waals surface area (Å²) in [5.41, 5.74) is 1.65. The number of rotatable bonds is 6. The molecule has 0 aliphatic carbocycles. The lowest BCUT2D eigenvalue weighted by Crippen LogP contribution is -2.04. The van der Waals surface area contributed by atoms with E-state index in [0.717, 1.165) is 0 Å². The molecule has 3 rings (SSSR count). The van der Waals surface area contributed by atoms with Crippen LogP contribution in [0.5, 0.6) is 11.5 Å². The van der Waals surface area contributed by atoms with Crippen molar-refractivity contribution in [1.29, 1.82) is 0 Å². The lowest BCUT2D eigenvalue weighted by atomic mass is 10.0. The number of hydrogen-bond acceptors (Lipinski definition) is 4. The number of ether oxygens (including phenoxy) is 2. The predicted octanol–water partition coefficient (Wildman–Crippen LogP) is 5.20. The van der Waals surface area contributed by atoms with Crippen LogP contribution >= 0.6 is 11.6 Å². The van der Waals surface area contributed by atoms with E-state index in [1.807, 2.05) is 13.0 Å². The number of ketones is 1. The Bertz CT molecular complexity index is 956. The van der Waals surface area contributed by atoms with E-state index in [1.165, 1.54) is 7.11 Å². The molecule has 25 heavy (non-hydrogen) atoms. The molecule has 0 atom stereocenters. The number of methoxy groups -OCH3 is 1. The molecule has 0 N–H and O–H groups in total. The van der Waals surface area contributed by atoms with Gasteiger partial charge in [0.1, 0.15) is 23.7 Å². The summed E-state index contributed by atoms with van der Waals surface area (Å²) in [7, 11) is 1.53. The lowest BCUT2D eigenvalue weighted by molar-refractivity contribution is 0.101. The van der Waals surface area contributed by atoms with Gasteiger partial charge in [0.2, 0.25) is 5.78 Å². The molecule has 0 saturated heterocycles. The number of furan rings is 1. The SMILES string of the molecule is C=CCOc1c(Cl)ccc2oc(C(=O)c3ccccc3OC)c(C)c12. The standard InChI is InChI=1S/C20H17ClO4/c1-4-11-24-20-14(21)9-10-16-17(20)12(2)19(25-16)18(22)13-7-5-6-8-15(13)23-3/h4-10H,1,11H2,2-3H3. The van der Waals surface area contributed by atoms with Gasteiger partial charge in [0.15, 0.2) is 5.76 Å². The quantitative estimate of drug-likeness (QED) is 0.450. The molecular formula is C20H17ClO4. The van der Waals surface area contributed by atoms with E-state index < -0.39 is 0 Å². The summed E-state index contributed by atoms with van der Waals surface area (Å²) in [4.78, 5) is 13.0. The van der Waals surface area contributed by atoms with E-state index in [0.29, 0.717) is 45.2 Å². The Morgan fingerprint density at radius 1 is 1.28 bits per heavy atom. The summed E-state index contributed by atoms with van der Waals surface area (Å²) < 4.78 is 16.8. The van der Waals surface area contributed by atoms with Crippen LogP contribution in [0.25, 0.3) is 11.0 Å². The topological polar surface area (TPSA) is 48.7 Å². The fourth-order valence-corrected chi connectivity index (χ4v) is 2.95. The number of carbonyl (C=O) groups excluding carboxylic acids is 1. The van der Waals surface area contributed by atoms with E-state index in [1.54, 1.807) is 36.4 Å². The number of aryl methyl sites for hydroxylation is 1. The van der Waals surface area contributed by atoms with Crippen molar-refractivity contribution in [3.8, 4) is 11.5 Å². The zero-order valence-electron chi connectivity index (χ0n) is 14.0. The Kier molecular flexibility index (Phi) is 4.81. The molecule has 0 unspecified atom stereocenters. The molecular weight excluding hydrogens is 340 g/mol. The van der Waals surface area contributed by atoms with Gasteiger partial charge in [-0.3, -0.25) is 4.79 Å². The molecule has 0 bridgehead atoms. The van der Waals surface area contributed by atoms with Crippen molar-refractivity contribution in [2.45, 2.75) is 6.92 Å². The molecule has 0 aliphatic heterocycles. The number of benzene rings is 2. The van der Waals surface area contributed by atoms with Crippen molar-refractivity contribution < 1.29 is 18.7 Å². The highest BCUT2D eigenvalue weighted by atomic mass is 35.5.